The molecule has 4 aromatic heterocycles. The Bertz CT molecular complexity index is 1640. The first-order valence-corrected chi connectivity index (χ1v) is 11.6. The van der Waals surface area contributed by atoms with E-state index in [4.69, 9.17) is 4.74 Å². The third kappa shape index (κ3) is 3.91. The van der Waals surface area contributed by atoms with Crippen LogP contribution in [0.1, 0.15) is 5.56 Å². The van der Waals surface area contributed by atoms with Gasteiger partial charge >= 0.3 is 0 Å². The normalized spacial score (nSPS) is 11.5. The van der Waals surface area contributed by atoms with Gasteiger partial charge in [0.05, 0.1) is 7.11 Å². The van der Waals surface area contributed by atoms with E-state index in [1.807, 2.05) is 59.4 Å². The van der Waals surface area contributed by atoms with Gasteiger partial charge < -0.3 is 24.6 Å². The van der Waals surface area contributed by atoms with E-state index in [1.54, 1.807) is 13.3 Å². The zero-order valence-electron chi connectivity index (χ0n) is 19.3. The maximum atomic E-state index is 12.9. The minimum Gasteiger partial charge on any atom is -0.497 e. The molecule has 0 radical (unpaired) electrons. The molecule has 7 nitrogen and oxygen atoms in total. The van der Waals surface area contributed by atoms with Crippen LogP contribution >= 0.6 is 0 Å². The number of amides is 1. The largest absolute Gasteiger partial charge is 0.497 e. The maximum Gasteiger partial charge on any atom is 0.239 e. The number of fused-ring (bicyclic) bond motifs is 3. The van der Waals surface area contributed by atoms with E-state index in [-0.39, 0.29) is 12.5 Å². The molecule has 0 unspecified atom stereocenters. The first kappa shape index (κ1) is 21.0. The number of ether oxygens (including phenoxy) is 1. The highest BCUT2D eigenvalue weighted by molar-refractivity contribution is 5.99. The summed E-state index contributed by atoms with van der Waals surface area (Å²) in [6, 6.07) is 20.2. The molecule has 7 heteroatoms. The number of nitrogens with zero attached hydrogens (tertiary/aromatic N) is 2. The first-order chi connectivity index (χ1) is 17.2. The van der Waals surface area contributed by atoms with E-state index in [9.17, 15) is 4.79 Å². The Kier molecular flexibility index (Phi) is 5.22. The molecular formula is C28H25N5O2. The van der Waals surface area contributed by atoms with Crippen molar-refractivity contribution < 1.29 is 9.53 Å². The second-order valence-electron chi connectivity index (χ2n) is 8.64. The Morgan fingerprint density at radius 3 is 2.89 bits per heavy atom. The molecule has 0 aliphatic carbocycles. The number of aromatic nitrogens is 4. The van der Waals surface area contributed by atoms with Gasteiger partial charge in [-0.05, 0) is 54.4 Å². The second-order valence-corrected chi connectivity index (χ2v) is 8.64. The van der Waals surface area contributed by atoms with Crippen molar-refractivity contribution in [1.82, 2.24) is 24.8 Å². The van der Waals surface area contributed by atoms with Gasteiger partial charge in [0.25, 0.3) is 0 Å². The highest BCUT2D eigenvalue weighted by Gasteiger charge is 2.15. The molecule has 174 valence electrons. The van der Waals surface area contributed by atoms with Crippen LogP contribution in [0.3, 0.4) is 0 Å². The van der Waals surface area contributed by atoms with Crippen LogP contribution < -0.4 is 10.1 Å². The number of pyridine rings is 1. The summed E-state index contributed by atoms with van der Waals surface area (Å²) in [4.78, 5) is 24.0. The molecule has 0 spiro atoms. The van der Waals surface area contributed by atoms with Crippen LogP contribution in [0.2, 0.25) is 0 Å². The fourth-order valence-electron chi connectivity index (χ4n) is 4.74. The maximum absolute atomic E-state index is 12.9. The van der Waals surface area contributed by atoms with Crippen LogP contribution in [-0.4, -0.2) is 39.1 Å². The number of aromatic amines is 2. The molecule has 6 rings (SSSR count). The molecular weight excluding hydrogens is 438 g/mol. The molecule has 4 heterocycles. The third-order valence-electron chi connectivity index (χ3n) is 6.48. The summed E-state index contributed by atoms with van der Waals surface area (Å²) in [6.07, 6.45) is 6.58. The zero-order valence-corrected chi connectivity index (χ0v) is 19.3. The lowest BCUT2D eigenvalue weighted by Gasteiger charge is -2.08. The minimum atomic E-state index is -0.0255. The van der Waals surface area contributed by atoms with Crippen LogP contribution in [-0.2, 0) is 17.8 Å². The van der Waals surface area contributed by atoms with Crippen molar-refractivity contribution >= 4 is 38.7 Å². The number of rotatable bonds is 7. The van der Waals surface area contributed by atoms with Crippen LogP contribution in [0.5, 0.6) is 5.75 Å². The van der Waals surface area contributed by atoms with E-state index in [0.717, 1.165) is 50.9 Å². The molecule has 35 heavy (non-hydrogen) atoms. The summed E-state index contributed by atoms with van der Waals surface area (Å²) in [7, 11) is 1.66. The predicted molar refractivity (Wildman–Crippen MR) is 139 cm³/mol. The topological polar surface area (TPSA) is 87.7 Å². The van der Waals surface area contributed by atoms with Gasteiger partial charge in [0.1, 0.15) is 17.9 Å². The van der Waals surface area contributed by atoms with Crippen molar-refractivity contribution in [3.63, 3.8) is 0 Å². The van der Waals surface area contributed by atoms with Crippen molar-refractivity contribution in [1.29, 1.82) is 0 Å². The molecule has 6 aromatic rings. The molecule has 1 amide bonds. The number of hydrogen-bond donors (Lipinski definition) is 3. The molecule has 3 N–H and O–H groups in total. The van der Waals surface area contributed by atoms with Gasteiger partial charge in [-0.1, -0.05) is 18.2 Å². The van der Waals surface area contributed by atoms with Crippen molar-refractivity contribution in [3.05, 3.63) is 84.8 Å². The lowest BCUT2D eigenvalue weighted by atomic mass is 10.1. The third-order valence-corrected chi connectivity index (χ3v) is 6.48. The average molecular weight is 464 g/mol. The Hall–Kier alpha value is -4.52. The molecule has 0 atom stereocenters. The molecule has 2 aromatic carbocycles. The fourth-order valence-corrected chi connectivity index (χ4v) is 4.74. The summed E-state index contributed by atoms with van der Waals surface area (Å²) >= 11 is 0. The van der Waals surface area contributed by atoms with Gasteiger partial charge in [-0.15, -0.1) is 0 Å². The summed E-state index contributed by atoms with van der Waals surface area (Å²) in [5.41, 5.74) is 6.08. The van der Waals surface area contributed by atoms with Crippen molar-refractivity contribution in [3.8, 4) is 17.0 Å². The SMILES string of the molecule is COc1ccc2c(c1)c(-c1cc3cccnc3[nH]1)cn2CC(=O)NCCc1c[nH]c2ccccc12. The van der Waals surface area contributed by atoms with Crippen molar-refractivity contribution in [2.24, 2.45) is 0 Å². The van der Waals surface area contributed by atoms with Gasteiger partial charge in [-0.25, -0.2) is 4.98 Å². The van der Waals surface area contributed by atoms with Crippen LogP contribution in [0.15, 0.2) is 79.3 Å². The Labute approximate surface area is 201 Å². The fraction of sp³-hybridized carbons (Fsp3) is 0.143. The number of para-hydroxylation sites is 1. The molecule has 0 aliphatic rings. The lowest BCUT2D eigenvalue weighted by molar-refractivity contribution is -0.121. The van der Waals surface area contributed by atoms with Gasteiger partial charge in [-0.3, -0.25) is 4.79 Å². The molecule has 0 fully saturated rings. The van der Waals surface area contributed by atoms with E-state index in [0.29, 0.717) is 6.54 Å². The number of nitrogens with one attached hydrogen (secondary N) is 3. The van der Waals surface area contributed by atoms with E-state index in [2.05, 4.69) is 38.5 Å². The first-order valence-electron chi connectivity index (χ1n) is 11.6. The van der Waals surface area contributed by atoms with Gasteiger partial charge in [-0.2, -0.15) is 0 Å². The van der Waals surface area contributed by atoms with E-state index < -0.39 is 0 Å². The van der Waals surface area contributed by atoms with E-state index >= 15 is 0 Å². The number of hydrogen-bond acceptors (Lipinski definition) is 3. The molecule has 0 saturated carbocycles. The number of carbonyl (C=O) groups excluding carboxylic acids is 1. The Morgan fingerprint density at radius 2 is 2.00 bits per heavy atom. The second kappa shape index (κ2) is 8.68. The smallest absolute Gasteiger partial charge is 0.239 e. The van der Waals surface area contributed by atoms with Crippen molar-refractivity contribution in [2.75, 3.05) is 13.7 Å². The summed E-state index contributed by atoms with van der Waals surface area (Å²) in [5.74, 6) is 0.747. The summed E-state index contributed by atoms with van der Waals surface area (Å²) in [6.45, 7) is 0.809. The summed E-state index contributed by atoms with van der Waals surface area (Å²) < 4.78 is 7.46. The number of carbonyl (C=O) groups is 1. The molecule has 0 bridgehead atoms. The number of benzene rings is 2. The number of methoxy groups -OCH3 is 1. The standard InChI is InChI=1S/C28H25N5O2/c1-35-20-8-9-26-22(14-20)23(25-13-18-5-4-11-30-28(18)32-25)16-33(26)17-27(34)29-12-10-19-15-31-24-7-3-2-6-21(19)24/h2-9,11,13-16,31H,10,12,17H2,1H3,(H,29,34)(H,30,32). The monoisotopic (exact) mass is 463 g/mol. The van der Waals surface area contributed by atoms with Crippen LogP contribution in [0, 0.1) is 0 Å². The Balaban J connectivity index is 1.24. The summed E-state index contributed by atoms with van der Waals surface area (Å²) in [5, 5.41) is 6.33. The Morgan fingerprint density at radius 1 is 1.09 bits per heavy atom. The van der Waals surface area contributed by atoms with Gasteiger partial charge in [0, 0.05) is 63.6 Å². The van der Waals surface area contributed by atoms with Crippen molar-refractivity contribution in [2.45, 2.75) is 13.0 Å². The predicted octanol–water partition coefficient (Wildman–Crippen LogP) is 5.03. The zero-order chi connectivity index (χ0) is 23.8. The minimum absolute atomic E-state index is 0.0255. The van der Waals surface area contributed by atoms with Crippen LogP contribution in [0.4, 0.5) is 0 Å². The number of H-pyrrole nitrogens is 2. The molecule has 0 saturated heterocycles. The van der Waals surface area contributed by atoms with Gasteiger partial charge in [0.15, 0.2) is 0 Å². The highest BCUT2D eigenvalue weighted by atomic mass is 16.5. The highest BCUT2D eigenvalue weighted by Crippen LogP contribution is 2.34. The van der Waals surface area contributed by atoms with E-state index in [1.165, 1.54) is 10.9 Å². The lowest BCUT2D eigenvalue weighted by Crippen LogP contribution is -2.29. The van der Waals surface area contributed by atoms with Gasteiger partial charge in [0.2, 0.25) is 5.91 Å². The molecule has 0 aliphatic heterocycles. The van der Waals surface area contributed by atoms with Crippen LogP contribution in [0.25, 0.3) is 44.1 Å². The quantitative estimate of drug-likeness (QED) is 0.310. The average Bonchev–Trinajstić information content (AvgIpc) is 3.59.